The van der Waals surface area contributed by atoms with Crippen molar-refractivity contribution < 1.29 is 0 Å². The van der Waals surface area contributed by atoms with Crippen LogP contribution < -0.4 is 5.32 Å². The van der Waals surface area contributed by atoms with Crippen LogP contribution in [0.1, 0.15) is 26.7 Å². The topological polar surface area (TPSA) is 24.4 Å². The van der Waals surface area contributed by atoms with Gasteiger partial charge in [0.25, 0.3) is 0 Å². The van der Waals surface area contributed by atoms with E-state index in [1.54, 1.807) is 0 Å². The SMILES string of the molecule is CC(C)C1=NC2(CCNCC2)CS1. The summed E-state index contributed by atoms with van der Waals surface area (Å²) in [6.45, 7) is 6.78. The normalized spacial score (nSPS) is 26.8. The Morgan fingerprint density at radius 2 is 2.08 bits per heavy atom. The van der Waals surface area contributed by atoms with Crippen LogP contribution in [0.15, 0.2) is 4.99 Å². The third-order valence-electron chi connectivity index (χ3n) is 2.86. The second-order valence-corrected chi connectivity index (χ2v) is 5.36. The van der Waals surface area contributed by atoms with Gasteiger partial charge in [-0.3, -0.25) is 4.99 Å². The standard InChI is InChI=1S/C10H18N2S/c1-8(2)9-12-10(7-13-9)3-5-11-6-4-10/h8,11H,3-7H2,1-2H3. The lowest BCUT2D eigenvalue weighted by Crippen LogP contribution is -2.40. The van der Waals surface area contributed by atoms with Crippen molar-refractivity contribution in [1.82, 2.24) is 5.32 Å². The summed E-state index contributed by atoms with van der Waals surface area (Å²) in [5.74, 6) is 1.85. The number of hydrogen-bond donors (Lipinski definition) is 1. The predicted molar refractivity (Wildman–Crippen MR) is 59.6 cm³/mol. The fourth-order valence-electron chi connectivity index (χ4n) is 1.95. The van der Waals surface area contributed by atoms with Crippen LogP contribution in [0.4, 0.5) is 0 Å². The van der Waals surface area contributed by atoms with Crippen molar-refractivity contribution in [3.63, 3.8) is 0 Å². The molecule has 1 saturated heterocycles. The Bertz CT molecular complexity index is 217. The van der Waals surface area contributed by atoms with E-state index in [-0.39, 0.29) is 0 Å². The molecule has 0 bridgehead atoms. The van der Waals surface area contributed by atoms with E-state index >= 15 is 0 Å². The van der Waals surface area contributed by atoms with Crippen LogP contribution in [-0.2, 0) is 0 Å². The lowest BCUT2D eigenvalue weighted by atomic mass is 9.91. The maximum atomic E-state index is 4.92. The quantitative estimate of drug-likeness (QED) is 0.696. The highest BCUT2D eigenvalue weighted by Crippen LogP contribution is 2.36. The summed E-state index contributed by atoms with van der Waals surface area (Å²) in [4.78, 5) is 4.92. The van der Waals surface area contributed by atoms with E-state index in [9.17, 15) is 0 Å². The lowest BCUT2D eigenvalue weighted by Gasteiger charge is -2.30. The molecular formula is C10H18N2S. The first-order valence-electron chi connectivity index (χ1n) is 5.15. The van der Waals surface area contributed by atoms with Gasteiger partial charge >= 0.3 is 0 Å². The van der Waals surface area contributed by atoms with Gasteiger partial charge in [-0.25, -0.2) is 0 Å². The molecule has 0 aromatic heterocycles. The van der Waals surface area contributed by atoms with Crippen molar-refractivity contribution in [3.8, 4) is 0 Å². The third kappa shape index (κ3) is 1.91. The van der Waals surface area contributed by atoms with E-state index in [4.69, 9.17) is 4.99 Å². The van der Waals surface area contributed by atoms with Gasteiger partial charge in [-0.15, -0.1) is 11.8 Å². The number of hydrogen-bond acceptors (Lipinski definition) is 3. The number of piperidine rings is 1. The van der Waals surface area contributed by atoms with Gasteiger partial charge < -0.3 is 5.32 Å². The highest BCUT2D eigenvalue weighted by molar-refractivity contribution is 8.14. The van der Waals surface area contributed by atoms with Gasteiger partial charge in [-0.05, 0) is 25.9 Å². The first kappa shape index (κ1) is 9.53. The number of aliphatic imine (C=N–C) groups is 1. The van der Waals surface area contributed by atoms with Gasteiger partial charge in [-0.2, -0.15) is 0 Å². The third-order valence-corrected chi connectivity index (χ3v) is 4.40. The van der Waals surface area contributed by atoms with Gasteiger partial charge in [0.2, 0.25) is 0 Å². The summed E-state index contributed by atoms with van der Waals surface area (Å²) in [6.07, 6.45) is 2.46. The summed E-state index contributed by atoms with van der Waals surface area (Å²) >= 11 is 1.98. The van der Waals surface area contributed by atoms with Crippen LogP contribution in [0.5, 0.6) is 0 Å². The van der Waals surface area contributed by atoms with E-state index in [1.807, 2.05) is 11.8 Å². The number of nitrogens with zero attached hydrogens (tertiary/aromatic N) is 1. The summed E-state index contributed by atoms with van der Waals surface area (Å²) < 4.78 is 0. The maximum absolute atomic E-state index is 4.92. The zero-order valence-electron chi connectivity index (χ0n) is 8.47. The average molecular weight is 198 g/mol. The minimum absolute atomic E-state index is 0.315. The van der Waals surface area contributed by atoms with Gasteiger partial charge in [0.15, 0.2) is 0 Å². The summed E-state index contributed by atoms with van der Waals surface area (Å²) in [5.41, 5.74) is 0.315. The van der Waals surface area contributed by atoms with Crippen LogP contribution in [0.3, 0.4) is 0 Å². The zero-order valence-corrected chi connectivity index (χ0v) is 9.28. The minimum Gasteiger partial charge on any atom is -0.317 e. The van der Waals surface area contributed by atoms with Crippen LogP contribution in [-0.4, -0.2) is 29.4 Å². The van der Waals surface area contributed by atoms with E-state index in [2.05, 4.69) is 19.2 Å². The molecule has 2 aliphatic heterocycles. The summed E-state index contributed by atoms with van der Waals surface area (Å²) in [7, 11) is 0. The molecule has 1 fully saturated rings. The Hall–Kier alpha value is -0.0200. The van der Waals surface area contributed by atoms with Crippen molar-refractivity contribution in [3.05, 3.63) is 0 Å². The largest absolute Gasteiger partial charge is 0.317 e. The average Bonchev–Trinajstić information content (AvgIpc) is 2.51. The van der Waals surface area contributed by atoms with Crippen LogP contribution in [0.25, 0.3) is 0 Å². The molecular weight excluding hydrogens is 180 g/mol. The molecule has 0 aromatic rings. The highest BCUT2D eigenvalue weighted by atomic mass is 32.2. The Balaban J connectivity index is 2.08. The lowest BCUT2D eigenvalue weighted by molar-refractivity contribution is 0.350. The molecule has 0 amide bonds. The van der Waals surface area contributed by atoms with E-state index in [0.717, 1.165) is 13.1 Å². The molecule has 2 rings (SSSR count). The second kappa shape index (κ2) is 3.62. The monoisotopic (exact) mass is 198 g/mol. The molecule has 3 heteroatoms. The predicted octanol–water partition coefficient (Wildman–Crippen LogP) is 1.91. The molecule has 1 N–H and O–H groups in total. The van der Waals surface area contributed by atoms with Crippen molar-refractivity contribution in [1.29, 1.82) is 0 Å². The molecule has 74 valence electrons. The van der Waals surface area contributed by atoms with Crippen molar-refractivity contribution >= 4 is 16.8 Å². The van der Waals surface area contributed by atoms with E-state index in [0.29, 0.717) is 11.5 Å². The van der Waals surface area contributed by atoms with Crippen molar-refractivity contribution in [2.45, 2.75) is 32.2 Å². The summed E-state index contributed by atoms with van der Waals surface area (Å²) in [5, 5.41) is 4.78. The molecule has 2 nitrogen and oxygen atoms in total. The summed E-state index contributed by atoms with van der Waals surface area (Å²) in [6, 6.07) is 0. The van der Waals surface area contributed by atoms with Gasteiger partial charge in [-0.1, -0.05) is 13.8 Å². The van der Waals surface area contributed by atoms with Crippen LogP contribution in [0.2, 0.25) is 0 Å². The molecule has 13 heavy (non-hydrogen) atoms. The maximum Gasteiger partial charge on any atom is 0.0735 e. The van der Waals surface area contributed by atoms with Crippen LogP contribution in [0, 0.1) is 5.92 Å². The Kier molecular flexibility index (Phi) is 2.65. The molecule has 2 heterocycles. The van der Waals surface area contributed by atoms with Crippen molar-refractivity contribution in [2.75, 3.05) is 18.8 Å². The van der Waals surface area contributed by atoms with Gasteiger partial charge in [0.05, 0.1) is 10.6 Å². The molecule has 2 aliphatic rings. The Morgan fingerprint density at radius 1 is 1.38 bits per heavy atom. The fourth-order valence-corrected chi connectivity index (χ4v) is 3.31. The number of rotatable bonds is 1. The Morgan fingerprint density at radius 3 is 2.62 bits per heavy atom. The minimum atomic E-state index is 0.315. The molecule has 0 aliphatic carbocycles. The van der Waals surface area contributed by atoms with E-state index in [1.165, 1.54) is 23.6 Å². The molecule has 0 radical (unpaired) electrons. The highest BCUT2D eigenvalue weighted by Gasteiger charge is 2.36. The fraction of sp³-hybridized carbons (Fsp3) is 0.900. The molecule has 0 aromatic carbocycles. The molecule has 0 saturated carbocycles. The number of nitrogens with one attached hydrogen (secondary N) is 1. The van der Waals surface area contributed by atoms with Crippen LogP contribution >= 0.6 is 11.8 Å². The molecule has 0 unspecified atom stereocenters. The first-order valence-corrected chi connectivity index (χ1v) is 6.14. The zero-order chi connectivity index (χ0) is 9.31. The smallest absolute Gasteiger partial charge is 0.0735 e. The van der Waals surface area contributed by atoms with E-state index < -0.39 is 0 Å². The molecule has 1 spiro atoms. The van der Waals surface area contributed by atoms with Gasteiger partial charge in [0.1, 0.15) is 0 Å². The molecule has 0 atom stereocenters. The number of thioether (sulfide) groups is 1. The Labute approximate surface area is 84.6 Å². The first-order chi connectivity index (χ1) is 6.22. The second-order valence-electron chi connectivity index (χ2n) is 4.37. The van der Waals surface area contributed by atoms with Gasteiger partial charge in [0, 0.05) is 11.7 Å². The van der Waals surface area contributed by atoms with Crippen molar-refractivity contribution in [2.24, 2.45) is 10.9 Å².